The SMILES string of the molecule is CC(C)(C)Oc1cc(C(=O)CC(N)=O)ccc1C1=NC(c2ccc(Cl)cc2)C(c2cccc(Br)c2)N1C(=O)N1CCNC(=O)C1. The third kappa shape index (κ3) is 7.37. The van der Waals surface area contributed by atoms with Gasteiger partial charge < -0.3 is 20.7 Å². The number of hydrogen-bond donors (Lipinski definition) is 2. The molecule has 4 amide bonds. The van der Waals surface area contributed by atoms with Crippen LogP contribution in [0.3, 0.4) is 0 Å². The summed E-state index contributed by atoms with van der Waals surface area (Å²) in [7, 11) is 0. The largest absolute Gasteiger partial charge is 0.487 e. The summed E-state index contributed by atoms with van der Waals surface area (Å²) in [6.07, 6.45) is -0.458. The van der Waals surface area contributed by atoms with Crippen LogP contribution >= 0.6 is 27.5 Å². The average Bonchev–Trinajstić information content (AvgIpc) is 3.36. The minimum absolute atomic E-state index is 0.106. The Hall–Kier alpha value is -4.22. The summed E-state index contributed by atoms with van der Waals surface area (Å²) in [5, 5.41) is 3.33. The molecular formula is C33H33BrClN5O5. The number of rotatable bonds is 7. The van der Waals surface area contributed by atoms with Gasteiger partial charge in [-0.1, -0.05) is 57.9 Å². The lowest BCUT2D eigenvalue weighted by Crippen LogP contribution is -2.55. The molecule has 3 N–H and O–H groups in total. The summed E-state index contributed by atoms with van der Waals surface area (Å²) in [4.78, 5) is 59.6. The van der Waals surface area contributed by atoms with E-state index < -0.39 is 41.8 Å². The van der Waals surface area contributed by atoms with Crippen LogP contribution in [-0.4, -0.2) is 64.5 Å². The number of nitrogens with zero attached hydrogens (tertiary/aromatic N) is 3. The molecule has 45 heavy (non-hydrogen) atoms. The molecule has 2 aliphatic rings. The van der Waals surface area contributed by atoms with E-state index in [2.05, 4.69) is 21.2 Å². The molecule has 2 aliphatic heterocycles. The first-order valence-electron chi connectivity index (χ1n) is 14.4. The number of carbonyl (C=O) groups is 4. The molecule has 10 nitrogen and oxygen atoms in total. The summed E-state index contributed by atoms with van der Waals surface area (Å²) in [5.74, 6) is -0.846. The molecular weight excluding hydrogens is 662 g/mol. The van der Waals surface area contributed by atoms with Gasteiger partial charge in [-0.05, 0) is 68.3 Å². The van der Waals surface area contributed by atoms with E-state index in [1.807, 2.05) is 57.2 Å². The molecule has 0 spiro atoms. The first-order chi connectivity index (χ1) is 21.3. The zero-order chi connectivity index (χ0) is 32.5. The number of primary amides is 1. The van der Waals surface area contributed by atoms with Gasteiger partial charge in [0.05, 0.1) is 18.0 Å². The number of ether oxygens (including phenoxy) is 1. The third-order valence-electron chi connectivity index (χ3n) is 7.28. The molecule has 12 heteroatoms. The fourth-order valence-corrected chi connectivity index (χ4v) is 5.94. The number of nitrogens with two attached hydrogens (primary N) is 1. The van der Waals surface area contributed by atoms with Gasteiger partial charge >= 0.3 is 6.03 Å². The molecule has 0 saturated carbocycles. The number of hydrogen-bond acceptors (Lipinski definition) is 6. The van der Waals surface area contributed by atoms with Crippen molar-refractivity contribution >= 4 is 57.0 Å². The Morgan fingerprint density at radius 2 is 1.80 bits per heavy atom. The molecule has 0 radical (unpaired) electrons. The van der Waals surface area contributed by atoms with Crippen molar-refractivity contribution in [1.82, 2.24) is 15.1 Å². The van der Waals surface area contributed by atoms with Crippen LogP contribution in [0.2, 0.25) is 5.02 Å². The Labute approximate surface area is 274 Å². The lowest BCUT2D eigenvalue weighted by Gasteiger charge is -2.36. The highest BCUT2D eigenvalue weighted by Crippen LogP contribution is 2.46. The molecule has 2 unspecified atom stereocenters. The Balaban J connectivity index is 1.73. The van der Waals surface area contributed by atoms with Crippen LogP contribution in [0.25, 0.3) is 0 Å². The van der Waals surface area contributed by atoms with Gasteiger partial charge in [0.2, 0.25) is 11.8 Å². The van der Waals surface area contributed by atoms with E-state index in [1.165, 1.54) is 4.90 Å². The van der Waals surface area contributed by atoms with Crippen molar-refractivity contribution in [2.45, 2.75) is 44.9 Å². The van der Waals surface area contributed by atoms with Crippen molar-refractivity contribution in [3.05, 3.63) is 98.5 Å². The van der Waals surface area contributed by atoms with Gasteiger partial charge in [0.25, 0.3) is 0 Å². The molecule has 2 atom stereocenters. The van der Waals surface area contributed by atoms with Crippen LogP contribution in [-0.2, 0) is 9.59 Å². The van der Waals surface area contributed by atoms with Gasteiger partial charge in [-0.2, -0.15) is 0 Å². The van der Waals surface area contributed by atoms with Gasteiger partial charge in [-0.15, -0.1) is 0 Å². The summed E-state index contributed by atoms with van der Waals surface area (Å²) in [5.41, 5.74) is 6.93. The fraction of sp³-hybridized carbons (Fsp3) is 0.303. The standard InChI is InChI=1S/C33H33BrClN5O5/c1-33(2,3)45-26-16-20(25(41)17-27(36)42)9-12-24(26)31-38-29(19-7-10-23(35)11-8-19)30(21-5-4-6-22(34)15-21)40(31)32(44)39-14-13-37-28(43)18-39/h4-12,15-16,29-30H,13-14,17-18H2,1-3H3,(H2,36,42)(H,37,43). The number of amides is 4. The smallest absolute Gasteiger partial charge is 0.326 e. The second kappa shape index (κ2) is 13.0. The Morgan fingerprint density at radius 3 is 2.44 bits per heavy atom. The van der Waals surface area contributed by atoms with Crippen LogP contribution in [0, 0.1) is 0 Å². The van der Waals surface area contributed by atoms with E-state index in [0.717, 1.165) is 15.6 Å². The van der Waals surface area contributed by atoms with E-state index in [1.54, 1.807) is 35.2 Å². The number of halogens is 2. The van der Waals surface area contributed by atoms with Crippen molar-refractivity contribution in [3.8, 4) is 5.75 Å². The zero-order valence-electron chi connectivity index (χ0n) is 25.1. The maximum absolute atomic E-state index is 14.5. The first-order valence-corrected chi connectivity index (χ1v) is 15.6. The number of nitrogens with one attached hydrogen (secondary N) is 1. The van der Waals surface area contributed by atoms with Gasteiger partial charge in [0.1, 0.15) is 29.8 Å². The second-order valence-electron chi connectivity index (χ2n) is 11.9. The number of urea groups is 1. The monoisotopic (exact) mass is 693 g/mol. The molecule has 5 rings (SSSR count). The van der Waals surface area contributed by atoms with Gasteiger partial charge in [-0.3, -0.25) is 24.3 Å². The van der Waals surface area contributed by atoms with E-state index in [-0.39, 0.29) is 18.0 Å². The normalized spacial score (nSPS) is 18.3. The molecule has 1 saturated heterocycles. The van der Waals surface area contributed by atoms with Crippen molar-refractivity contribution in [1.29, 1.82) is 0 Å². The number of benzene rings is 3. The number of amidine groups is 1. The van der Waals surface area contributed by atoms with Crippen LogP contribution < -0.4 is 15.8 Å². The van der Waals surface area contributed by atoms with Gasteiger partial charge in [-0.25, -0.2) is 4.79 Å². The highest BCUT2D eigenvalue weighted by Gasteiger charge is 2.45. The summed E-state index contributed by atoms with van der Waals surface area (Å²) < 4.78 is 7.18. The van der Waals surface area contributed by atoms with Gasteiger partial charge in [0, 0.05) is 28.1 Å². The zero-order valence-corrected chi connectivity index (χ0v) is 27.4. The number of carbonyl (C=O) groups excluding carboxylic acids is 4. The lowest BCUT2D eigenvalue weighted by atomic mass is 9.93. The van der Waals surface area contributed by atoms with Crippen molar-refractivity contribution in [3.63, 3.8) is 0 Å². The topological polar surface area (TPSA) is 134 Å². The minimum atomic E-state index is -0.743. The van der Waals surface area contributed by atoms with Crippen LogP contribution in [0.4, 0.5) is 4.79 Å². The molecule has 0 aliphatic carbocycles. The Morgan fingerprint density at radius 1 is 1.07 bits per heavy atom. The second-order valence-corrected chi connectivity index (χ2v) is 13.2. The molecule has 3 aromatic rings. The summed E-state index contributed by atoms with van der Waals surface area (Å²) >= 11 is 9.81. The number of piperazine rings is 1. The average molecular weight is 695 g/mol. The van der Waals surface area contributed by atoms with Gasteiger partial charge in [0.15, 0.2) is 5.78 Å². The molecule has 1 fully saturated rings. The third-order valence-corrected chi connectivity index (χ3v) is 8.02. The molecule has 0 bridgehead atoms. The maximum atomic E-state index is 14.5. The summed E-state index contributed by atoms with van der Waals surface area (Å²) in [6, 6.07) is 18.2. The van der Waals surface area contributed by atoms with Crippen LogP contribution in [0.5, 0.6) is 5.75 Å². The molecule has 3 aromatic carbocycles. The van der Waals surface area contributed by atoms with E-state index in [9.17, 15) is 19.2 Å². The Kier molecular flexibility index (Phi) is 9.31. The molecule has 234 valence electrons. The van der Waals surface area contributed by atoms with Crippen molar-refractivity contribution in [2.24, 2.45) is 10.7 Å². The highest BCUT2D eigenvalue weighted by atomic mass is 79.9. The van der Waals surface area contributed by atoms with Crippen LogP contribution in [0.1, 0.15) is 66.3 Å². The fourth-order valence-electron chi connectivity index (χ4n) is 5.39. The predicted molar refractivity (Wildman–Crippen MR) is 174 cm³/mol. The number of Topliss-reactive ketones (excluding diaryl/α,β-unsaturated/α-hetero) is 1. The predicted octanol–water partition coefficient (Wildman–Crippen LogP) is 5.43. The van der Waals surface area contributed by atoms with E-state index >= 15 is 0 Å². The Bertz CT molecular complexity index is 1690. The summed E-state index contributed by atoms with van der Waals surface area (Å²) in [6.45, 7) is 6.12. The minimum Gasteiger partial charge on any atom is -0.487 e. The molecule has 2 heterocycles. The molecule has 0 aromatic heterocycles. The highest BCUT2D eigenvalue weighted by molar-refractivity contribution is 9.10. The van der Waals surface area contributed by atoms with Crippen LogP contribution in [0.15, 0.2) is 76.2 Å². The van der Waals surface area contributed by atoms with E-state index in [0.29, 0.717) is 35.3 Å². The van der Waals surface area contributed by atoms with Crippen molar-refractivity contribution in [2.75, 3.05) is 19.6 Å². The first kappa shape index (κ1) is 32.2. The lowest BCUT2D eigenvalue weighted by molar-refractivity contribution is -0.123. The number of ketones is 1. The van der Waals surface area contributed by atoms with Crippen molar-refractivity contribution < 1.29 is 23.9 Å². The number of aliphatic imine (C=N–C) groups is 1. The quantitative estimate of drug-likeness (QED) is 0.251. The maximum Gasteiger partial charge on any atom is 0.326 e. The van der Waals surface area contributed by atoms with E-state index in [4.69, 9.17) is 27.1 Å².